The van der Waals surface area contributed by atoms with E-state index in [0.717, 1.165) is 37.6 Å². The van der Waals surface area contributed by atoms with Gasteiger partial charge in [-0.3, -0.25) is 9.59 Å². The van der Waals surface area contributed by atoms with Gasteiger partial charge in [0.15, 0.2) is 6.23 Å². The Morgan fingerprint density at radius 1 is 1.00 bits per heavy atom. The number of fused-ring (bicyclic) bond motifs is 1. The predicted molar refractivity (Wildman–Crippen MR) is 144 cm³/mol. The van der Waals surface area contributed by atoms with E-state index in [9.17, 15) is 14.0 Å². The van der Waals surface area contributed by atoms with Gasteiger partial charge in [-0.25, -0.2) is 9.38 Å². The molecule has 2 aliphatic heterocycles. The van der Waals surface area contributed by atoms with E-state index in [-0.39, 0.29) is 17.6 Å². The molecule has 0 aliphatic carbocycles. The summed E-state index contributed by atoms with van der Waals surface area (Å²) in [5, 5.41) is 1.47. The van der Waals surface area contributed by atoms with Crippen LogP contribution < -0.4 is 10.6 Å². The number of carbonyl (C=O) groups excluding carboxylic acids is 2. The van der Waals surface area contributed by atoms with Crippen LogP contribution in [0, 0.1) is 5.82 Å². The Balaban J connectivity index is 1.36. The third-order valence-corrected chi connectivity index (χ3v) is 7.42. The number of ether oxygens (including phenoxy) is 1. The van der Waals surface area contributed by atoms with Gasteiger partial charge in [0.1, 0.15) is 11.9 Å². The minimum absolute atomic E-state index is 0.0886. The van der Waals surface area contributed by atoms with Gasteiger partial charge >= 0.3 is 0 Å². The molecule has 0 bridgehead atoms. The maximum Gasteiger partial charge on any atom is 0.270 e. The lowest BCUT2D eigenvalue weighted by Gasteiger charge is -2.24. The first-order chi connectivity index (χ1) is 18.4. The zero-order chi connectivity index (χ0) is 26.4. The van der Waals surface area contributed by atoms with E-state index in [1.165, 1.54) is 18.2 Å². The number of hydrogen-bond donors (Lipinski definition) is 0. The molecule has 38 heavy (non-hydrogen) atoms. The Kier molecular flexibility index (Phi) is 6.29. The predicted octanol–water partition coefficient (Wildman–Crippen LogP) is 4.47. The van der Waals surface area contributed by atoms with E-state index in [2.05, 4.69) is 20.9 Å². The molecule has 2 aliphatic rings. The number of carbonyl (C=O) groups is 2. The van der Waals surface area contributed by atoms with E-state index < -0.39 is 12.3 Å². The van der Waals surface area contributed by atoms with Crippen LogP contribution in [0.2, 0.25) is 0 Å². The third-order valence-electron chi connectivity index (χ3n) is 6.89. The van der Waals surface area contributed by atoms with E-state index in [1.54, 1.807) is 24.0 Å². The normalized spacial score (nSPS) is 18.4. The molecule has 1 fully saturated rings. The second-order valence-electron chi connectivity index (χ2n) is 9.42. The van der Waals surface area contributed by atoms with Crippen molar-refractivity contribution in [2.75, 3.05) is 6.54 Å². The number of nitrogens with zero attached hydrogens (tertiary/aromatic N) is 3. The van der Waals surface area contributed by atoms with Gasteiger partial charge in [0.2, 0.25) is 0 Å². The first-order valence-corrected chi connectivity index (χ1v) is 13.1. The van der Waals surface area contributed by atoms with E-state index in [4.69, 9.17) is 4.74 Å². The van der Waals surface area contributed by atoms with Crippen LogP contribution in [0.4, 0.5) is 4.39 Å². The van der Waals surface area contributed by atoms with Gasteiger partial charge in [-0.15, -0.1) is 0 Å². The van der Waals surface area contributed by atoms with Crippen molar-refractivity contribution in [3.8, 4) is 16.8 Å². The smallest absolute Gasteiger partial charge is 0.270 e. The van der Waals surface area contributed by atoms with Crippen molar-refractivity contribution in [2.45, 2.75) is 25.7 Å². The average molecular weight is 572 g/mol. The summed E-state index contributed by atoms with van der Waals surface area (Å²) in [6, 6.07) is 19.9. The lowest BCUT2D eigenvalue weighted by molar-refractivity contribution is -0.130. The Bertz CT molecular complexity index is 1680. The number of benzene rings is 3. The third kappa shape index (κ3) is 4.61. The van der Waals surface area contributed by atoms with Gasteiger partial charge in [-0.1, -0.05) is 34.1 Å². The van der Waals surface area contributed by atoms with Crippen molar-refractivity contribution in [3.05, 3.63) is 111 Å². The second-order valence-corrected chi connectivity index (χ2v) is 10.3. The highest BCUT2D eigenvalue weighted by molar-refractivity contribution is 9.10. The standard InChI is InChI=1S/C30H23BrFN3O3/c1-18-29(37)35(13-12-19-2-11-27-21(14-19)15-28(36)33-27)30(38-18)26-17-34(24-9-5-22(31)6-10-24)16-25(26)20-3-7-23(32)8-4-20/h2-11,14-18,30H,12-13H2,1H3/t18-,30-/m0/s1. The Hall–Kier alpha value is -3.88. The molecular formula is C30H23BrFN3O3. The molecule has 1 aromatic heterocycles. The Morgan fingerprint density at radius 3 is 2.53 bits per heavy atom. The van der Waals surface area contributed by atoms with Gasteiger partial charge < -0.3 is 14.2 Å². The molecule has 6 nitrogen and oxygen atoms in total. The van der Waals surface area contributed by atoms with Crippen molar-refractivity contribution < 1.29 is 18.7 Å². The number of amides is 2. The van der Waals surface area contributed by atoms with Crippen LogP contribution in [0.1, 0.15) is 24.3 Å². The topological polar surface area (TPSA) is 63.9 Å². The second kappa shape index (κ2) is 9.78. The zero-order valence-corrected chi connectivity index (χ0v) is 22.1. The first kappa shape index (κ1) is 24.5. The van der Waals surface area contributed by atoms with Crippen molar-refractivity contribution in [2.24, 2.45) is 4.99 Å². The fourth-order valence-electron chi connectivity index (χ4n) is 4.95. The molecule has 0 radical (unpaired) electrons. The lowest BCUT2D eigenvalue weighted by atomic mass is 10.0. The fourth-order valence-corrected chi connectivity index (χ4v) is 5.22. The SMILES string of the molecule is C[C@@H]1O[C@@H](c2cn(-c3ccc(Br)cc3)cc2-c2ccc(F)cc2)N(CCc2ccc3c(c2)=CC(=O)N=3)C1=O. The Morgan fingerprint density at radius 2 is 1.76 bits per heavy atom. The molecule has 3 heterocycles. The molecular weight excluding hydrogens is 549 g/mol. The molecule has 8 heteroatoms. The fraction of sp³-hybridized carbons (Fsp3) is 0.167. The molecule has 4 aromatic rings. The monoisotopic (exact) mass is 571 g/mol. The van der Waals surface area contributed by atoms with Crippen molar-refractivity contribution in [1.29, 1.82) is 0 Å². The van der Waals surface area contributed by atoms with Crippen LogP contribution in [-0.2, 0) is 20.7 Å². The summed E-state index contributed by atoms with van der Waals surface area (Å²) in [6.45, 7) is 2.19. The highest BCUT2D eigenvalue weighted by Gasteiger charge is 2.40. The minimum atomic E-state index is -0.605. The van der Waals surface area contributed by atoms with Crippen molar-refractivity contribution in [1.82, 2.24) is 9.47 Å². The molecule has 2 amide bonds. The molecule has 190 valence electrons. The molecule has 3 aromatic carbocycles. The van der Waals surface area contributed by atoms with E-state index >= 15 is 0 Å². The van der Waals surface area contributed by atoms with Gasteiger partial charge in [-0.05, 0) is 73.0 Å². The number of rotatable bonds is 6. The zero-order valence-electron chi connectivity index (χ0n) is 20.5. The van der Waals surface area contributed by atoms with Crippen LogP contribution >= 0.6 is 15.9 Å². The summed E-state index contributed by atoms with van der Waals surface area (Å²) in [5.41, 5.74) is 4.46. The largest absolute Gasteiger partial charge is 0.341 e. The van der Waals surface area contributed by atoms with Gasteiger partial charge in [0.25, 0.3) is 11.8 Å². The molecule has 0 N–H and O–H groups in total. The highest BCUT2D eigenvalue weighted by Crippen LogP contribution is 2.38. The van der Waals surface area contributed by atoms with E-state index in [0.29, 0.717) is 18.3 Å². The van der Waals surface area contributed by atoms with Crippen LogP contribution in [0.15, 0.2) is 88.6 Å². The number of hydrogen-bond acceptors (Lipinski definition) is 3. The Labute approximate surface area is 226 Å². The molecule has 6 rings (SSSR count). The van der Waals surface area contributed by atoms with Crippen LogP contribution in [0.5, 0.6) is 0 Å². The van der Waals surface area contributed by atoms with Gasteiger partial charge in [0, 0.05) is 51.5 Å². The minimum Gasteiger partial charge on any atom is -0.341 e. The van der Waals surface area contributed by atoms with Gasteiger partial charge in [0.05, 0.1) is 5.36 Å². The number of aromatic nitrogens is 1. The quantitative estimate of drug-likeness (QED) is 0.343. The molecule has 0 saturated carbocycles. The average Bonchev–Trinajstić information content (AvgIpc) is 3.58. The molecule has 0 unspecified atom stereocenters. The summed E-state index contributed by atoms with van der Waals surface area (Å²) in [4.78, 5) is 30.6. The molecule has 2 atom stereocenters. The first-order valence-electron chi connectivity index (χ1n) is 12.3. The molecule has 1 saturated heterocycles. The number of halogens is 2. The van der Waals surface area contributed by atoms with Gasteiger partial charge in [-0.2, -0.15) is 0 Å². The summed E-state index contributed by atoms with van der Waals surface area (Å²) >= 11 is 3.48. The van der Waals surface area contributed by atoms with Crippen LogP contribution in [0.3, 0.4) is 0 Å². The van der Waals surface area contributed by atoms with Crippen LogP contribution in [-0.4, -0.2) is 33.9 Å². The van der Waals surface area contributed by atoms with Crippen LogP contribution in [0.25, 0.3) is 22.9 Å². The summed E-state index contributed by atoms with van der Waals surface area (Å²) < 4.78 is 22.9. The highest BCUT2D eigenvalue weighted by atomic mass is 79.9. The summed E-state index contributed by atoms with van der Waals surface area (Å²) in [7, 11) is 0. The summed E-state index contributed by atoms with van der Waals surface area (Å²) in [5.74, 6) is -0.654. The van der Waals surface area contributed by atoms with Crippen molar-refractivity contribution >= 4 is 33.8 Å². The summed E-state index contributed by atoms with van der Waals surface area (Å²) in [6.07, 6.45) is 4.87. The maximum atomic E-state index is 13.7. The van der Waals surface area contributed by atoms with Crippen molar-refractivity contribution in [3.63, 3.8) is 0 Å². The lowest BCUT2D eigenvalue weighted by Crippen LogP contribution is -2.32. The van der Waals surface area contributed by atoms with E-state index in [1.807, 2.05) is 59.4 Å². The molecule has 0 spiro atoms. The maximum absolute atomic E-state index is 13.7.